The van der Waals surface area contributed by atoms with E-state index in [-0.39, 0.29) is 5.91 Å². The highest BCUT2D eigenvalue weighted by molar-refractivity contribution is 6.42. The lowest BCUT2D eigenvalue weighted by molar-refractivity contribution is 0.0694. The van der Waals surface area contributed by atoms with Gasteiger partial charge >= 0.3 is 0 Å². The molecule has 1 atom stereocenters. The summed E-state index contributed by atoms with van der Waals surface area (Å²) in [6, 6.07) is 13.2. The van der Waals surface area contributed by atoms with E-state index < -0.39 is 5.66 Å². The third-order valence-electron chi connectivity index (χ3n) is 4.25. The largest absolute Gasteiger partial charge is 0.311 e. The second kappa shape index (κ2) is 4.47. The van der Waals surface area contributed by atoms with Crippen molar-refractivity contribution >= 4 is 29.1 Å². The van der Waals surface area contributed by atoms with Crippen LogP contribution in [0.15, 0.2) is 42.5 Å². The van der Waals surface area contributed by atoms with Crippen LogP contribution in [0.5, 0.6) is 0 Å². The highest BCUT2D eigenvalue weighted by Crippen LogP contribution is 2.45. The van der Waals surface area contributed by atoms with E-state index in [9.17, 15) is 4.79 Å². The van der Waals surface area contributed by atoms with Crippen LogP contribution in [0.3, 0.4) is 0 Å². The minimum absolute atomic E-state index is 0.0571. The molecular formula is C16H12Cl2N2O. The second-order valence-electron chi connectivity index (χ2n) is 5.27. The van der Waals surface area contributed by atoms with Crippen LogP contribution in [0, 0.1) is 0 Å². The number of nitrogens with one attached hydrogen (secondary N) is 1. The summed E-state index contributed by atoms with van der Waals surface area (Å²) in [6.07, 6.45) is 0. The van der Waals surface area contributed by atoms with Crippen LogP contribution < -0.4 is 5.32 Å². The Morgan fingerprint density at radius 1 is 1.10 bits per heavy atom. The summed E-state index contributed by atoms with van der Waals surface area (Å²) in [7, 11) is 0. The zero-order valence-electron chi connectivity index (χ0n) is 11.1. The Kier molecular flexibility index (Phi) is 2.80. The number of hydrogen-bond donors (Lipinski definition) is 1. The summed E-state index contributed by atoms with van der Waals surface area (Å²) in [5, 5.41) is 4.49. The molecule has 0 radical (unpaired) electrons. The molecule has 21 heavy (non-hydrogen) atoms. The third-order valence-corrected chi connectivity index (χ3v) is 4.99. The zero-order valence-corrected chi connectivity index (χ0v) is 12.6. The quantitative estimate of drug-likeness (QED) is 0.875. The topological polar surface area (TPSA) is 32.3 Å². The molecule has 2 aromatic rings. The molecule has 1 fully saturated rings. The smallest absolute Gasteiger partial charge is 0.256 e. The van der Waals surface area contributed by atoms with E-state index in [4.69, 9.17) is 23.2 Å². The predicted octanol–water partition coefficient (Wildman–Crippen LogP) is 3.25. The Morgan fingerprint density at radius 3 is 2.71 bits per heavy atom. The maximum atomic E-state index is 12.6. The predicted molar refractivity (Wildman–Crippen MR) is 82.7 cm³/mol. The van der Waals surface area contributed by atoms with E-state index in [0.29, 0.717) is 16.6 Å². The van der Waals surface area contributed by atoms with Crippen molar-refractivity contribution in [1.82, 2.24) is 10.2 Å². The summed E-state index contributed by atoms with van der Waals surface area (Å²) < 4.78 is 0. The van der Waals surface area contributed by atoms with Crippen molar-refractivity contribution in [2.45, 2.75) is 5.66 Å². The minimum Gasteiger partial charge on any atom is -0.311 e. The Bertz CT molecular complexity index is 762. The first-order chi connectivity index (χ1) is 10.1. The first-order valence-electron chi connectivity index (χ1n) is 6.76. The Labute approximate surface area is 132 Å². The molecule has 0 spiro atoms. The van der Waals surface area contributed by atoms with Crippen molar-refractivity contribution in [2.24, 2.45) is 0 Å². The van der Waals surface area contributed by atoms with Crippen molar-refractivity contribution in [1.29, 1.82) is 0 Å². The van der Waals surface area contributed by atoms with E-state index >= 15 is 0 Å². The van der Waals surface area contributed by atoms with Gasteiger partial charge in [0.1, 0.15) is 5.66 Å². The number of carbonyl (C=O) groups is 1. The summed E-state index contributed by atoms with van der Waals surface area (Å²) in [4.78, 5) is 14.5. The van der Waals surface area contributed by atoms with Crippen LogP contribution in [0.2, 0.25) is 10.0 Å². The van der Waals surface area contributed by atoms with Gasteiger partial charge in [-0.2, -0.15) is 0 Å². The third kappa shape index (κ3) is 1.62. The number of benzene rings is 2. The highest BCUT2D eigenvalue weighted by Gasteiger charge is 2.53. The minimum atomic E-state index is -0.623. The Hall–Kier alpha value is -1.55. The normalized spacial score (nSPS) is 23.3. The molecule has 4 rings (SSSR count). The van der Waals surface area contributed by atoms with E-state index in [1.165, 1.54) is 0 Å². The molecule has 5 heteroatoms. The first-order valence-corrected chi connectivity index (χ1v) is 7.52. The van der Waals surface area contributed by atoms with Crippen LogP contribution in [-0.2, 0) is 5.66 Å². The van der Waals surface area contributed by atoms with Gasteiger partial charge in [-0.1, -0.05) is 47.5 Å². The highest BCUT2D eigenvalue weighted by atomic mass is 35.5. The van der Waals surface area contributed by atoms with E-state index in [0.717, 1.165) is 23.2 Å². The van der Waals surface area contributed by atoms with E-state index in [1.807, 2.05) is 41.3 Å². The molecule has 2 aliphatic heterocycles. The summed E-state index contributed by atoms with van der Waals surface area (Å²) >= 11 is 12.2. The van der Waals surface area contributed by atoms with Gasteiger partial charge in [-0.3, -0.25) is 10.1 Å². The van der Waals surface area contributed by atoms with Crippen molar-refractivity contribution in [2.75, 3.05) is 13.1 Å². The van der Waals surface area contributed by atoms with Gasteiger partial charge in [-0.05, 0) is 23.8 Å². The maximum absolute atomic E-state index is 12.6. The lowest BCUT2D eigenvalue weighted by atomic mass is 9.91. The molecule has 1 amide bonds. The molecule has 2 aromatic carbocycles. The molecule has 1 saturated heterocycles. The second-order valence-corrected chi connectivity index (χ2v) is 6.08. The number of fused-ring (bicyclic) bond motifs is 3. The number of rotatable bonds is 1. The molecule has 0 aromatic heterocycles. The standard InChI is InChI=1S/C16H12Cl2N2O/c17-13-6-5-10(9-14(13)18)16-12-4-2-1-3-11(12)15(21)20(16)8-7-19-16/h1-6,9,19H,7-8H2. The molecule has 3 nitrogen and oxygen atoms in total. The molecule has 2 aliphatic rings. The number of amides is 1. The molecule has 1 N–H and O–H groups in total. The molecule has 0 bridgehead atoms. The van der Waals surface area contributed by atoms with Crippen molar-refractivity contribution < 1.29 is 4.79 Å². The van der Waals surface area contributed by atoms with Crippen LogP contribution in [-0.4, -0.2) is 23.9 Å². The van der Waals surface area contributed by atoms with Crippen molar-refractivity contribution in [3.8, 4) is 0 Å². The fraction of sp³-hybridized carbons (Fsp3) is 0.188. The van der Waals surface area contributed by atoms with Crippen molar-refractivity contribution in [3.63, 3.8) is 0 Å². The molecule has 106 valence electrons. The number of carbonyl (C=O) groups excluding carboxylic acids is 1. The van der Waals surface area contributed by atoms with Crippen LogP contribution in [0.1, 0.15) is 21.5 Å². The van der Waals surface area contributed by atoms with Crippen molar-refractivity contribution in [3.05, 3.63) is 69.2 Å². The molecule has 0 saturated carbocycles. The number of nitrogens with zero attached hydrogens (tertiary/aromatic N) is 1. The van der Waals surface area contributed by atoms with Gasteiger partial charge in [0.25, 0.3) is 5.91 Å². The van der Waals surface area contributed by atoms with Gasteiger partial charge in [0.15, 0.2) is 0 Å². The average molecular weight is 319 g/mol. The maximum Gasteiger partial charge on any atom is 0.256 e. The van der Waals surface area contributed by atoms with Gasteiger partial charge in [-0.15, -0.1) is 0 Å². The Balaban J connectivity index is 2.00. The molecule has 1 unspecified atom stereocenters. The number of halogens is 2. The molecule has 0 aliphatic carbocycles. The van der Waals surface area contributed by atoms with Crippen LogP contribution in [0.4, 0.5) is 0 Å². The Morgan fingerprint density at radius 2 is 1.90 bits per heavy atom. The average Bonchev–Trinajstić information content (AvgIpc) is 3.03. The molecule has 2 heterocycles. The van der Waals surface area contributed by atoms with Gasteiger partial charge in [0.2, 0.25) is 0 Å². The lowest BCUT2D eigenvalue weighted by Gasteiger charge is -2.33. The lowest BCUT2D eigenvalue weighted by Crippen LogP contribution is -2.46. The van der Waals surface area contributed by atoms with Gasteiger partial charge in [-0.25, -0.2) is 0 Å². The SMILES string of the molecule is O=C1c2ccccc2C2(c3ccc(Cl)c(Cl)c3)NCCN12. The molecular weight excluding hydrogens is 307 g/mol. The fourth-order valence-electron chi connectivity index (χ4n) is 3.37. The van der Waals surface area contributed by atoms with Crippen LogP contribution in [0.25, 0.3) is 0 Å². The summed E-state index contributed by atoms with van der Waals surface area (Å²) in [5.41, 5.74) is 2.04. The monoisotopic (exact) mass is 318 g/mol. The van der Waals surface area contributed by atoms with Crippen LogP contribution >= 0.6 is 23.2 Å². The summed E-state index contributed by atoms with van der Waals surface area (Å²) in [5.74, 6) is 0.0571. The van der Waals surface area contributed by atoms with E-state index in [1.54, 1.807) is 6.07 Å². The van der Waals surface area contributed by atoms with Gasteiger partial charge in [0, 0.05) is 24.2 Å². The number of hydrogen-bond acceptors (Lipinski definition) is 2. The van der Waals surface area contributed by atoms with Gasteiger partial charge < -0.3 is 4.90 Å². The zero-order chi connectivity index (χ0) is 14.6. The van der Waals surface area contributed by atoms with E-state index in [2.05, 4.69) is 5.32 Å². The fourth-order valence-corrected chi connectivity index (χ4v) is 3.67. The van der Waals surface area contributed by atoms with Gasteiger partial charge in [0.05, 0.1) is 10.0 Å². The first kappa shape index (κ1) is 13.1. The summed E-state index contributed by atoms with van der Waals surface area (Å²) in [6.45, 7) is 1.42.